The third kappa shape index (κ3) is 3.13. The maximum atomic E-state index is 10.1. The largest absolute Gasteiger partial charge is 0.389 e. The van der Waals surface area contributed by atoms with Crippen molar-refractivity contribution in [1.29, 1.82) is 0 Å². The summed E-state index contributed by atoms with van der Waals surface area (Å²) in [7, 11) is 0. The maximum absolute atomic E-state index is 10.1. The van der Waals surface area contributed by atoms with Crippen LogP contribution < -0.4 is 5.32 Å². The summed E-state index contributed by atoms with van der Waals surface area (Å²) in [5.41, 5.74) is 0.955. The van der Waals surface area contributed by atoms with E-state index in [1.54, 1.807) is 0 Å². The topological polar surface area (TPSA) is 50.1 Å². The average Bonchev–Trinajstić information content (AvgIpc) is 2.51. The molecule has 0 aromatic carbocycles. The van der Waals surface area contributed by atoms with Gasteiger partial charge in [-0.1, -0.05) is 0 Å². The molecule has 0 aliphatic carbocycles. The maximum Gasteiger partial charge on any atom is 0.0767 e. The Labute approximate surface area is 118 Å². The molecule has 0 aliphatic heterocycles. The lowest BCUT2D eigenvalue weighted by molar-refractivity contribution is -0.00563. The molecule has 0 fully saturated rings. The molecule has 0 amide bonds. The molecule has 1 aromatic rings. The lowest BCUT2D eigenvalue weighted by Crippen LogP contribution is -2.55. The van der Waals surface area contributed by atoms with E-state index in [1.807, 2.05) is 39.3 Å². The van der Waals surface area contributed by atoms with Crippen LogP contribution in [0.2, 0.25) is 0 Å². The molecular formula is C13H24BrN3O. The van der Waals surface area contributed by atoms with E-state index in [2.05, 4.69) is 33.3 Å². The zero-order chi connectivity index (χ0) is 14.1. The molecule has 18 heavy (non-hydrogen) atoms. The molecule has 0 aliphatic rings. The Kier molecular flexibility index (Phi) is 4.62. The van der Waals surface area contributed by atoms with E-state index in [-0.39, 0.29) is 5.54 Å². The standard InChI is InChI=1S/C13H24BrN3O/c1-7-17-10(11(14)9(2)16-17)8-15-12(3,4)13(5,6)18/h15,18H,7-8H2,1-6H3. The summed E-state index contributed by atoms with van der Waals surface area (Å²) in [5.74, 6) is 0. The molecule has 0 saturated carbocycles. The lowest BCUT2D eigenvalue weighted by Gasteiger charge is -2.38. The highest BCUT2D eigenvalue weighted by Crippen LogP contribution is 2.24. The van der Waals surface area contributed by atoms with Gasteiger partial charge in [0.1, 0.15) is 0 Å². The number of nitrogens with one attached hydrogen (secondary N) is 1. The fraction of sp³-hybridized carbons (Fsp3) is 0.769. The van der Waals surface area contributed by atoms with E-state index in [1.165, 1.54) is 0 Å². The molecule has 0 saturated heterocycles. The molecule has 0 radical (unpaired) electrons. The van der Waals surface area contributed by atoms with Crippen LogP contribution in [0.3, 0.4) is 0 Å². The van der Waals surface area contributed by atoms with Crippen molar-refractivity contribution in [1.82, 2.24) is 15.1 Å². The predicted octanol–water partition coefficient (Wildman–Crippen LogP) is 2.61. The number of aliphatic hydroxyl groups is 1. The van der Waals surface area contributed by atoms with Gasteiger partial charge in [0.25, 0.3) is 0 Å². The van der Waals surface area contributed by atoms with Crippen LogP contribution in [0.4, 0.5) is 0 Å². The summed E-state index contributed by atoms with van der Waals surface area (Å²) in [6.07, 6.45) is 0. The van der Waals surface area contributed by atoms with Crippen LogP contribution >= 0.6 is 15.9 Å². The van der Waals surface area contributed by atoms with Crippen LogP contribution in [0.5, 0.6) is 0 Å². The molecular weight excluding hydrogens is 294 g/mol. The Hall–Kier alpha value is -0.390. The van der Waals surface area contributed by atoms with Crippen molar-refractivity contribution in [2.45, 2.75) is 65.8 Å². The SMILES string of the molecule is CCn1nc(C)c(Br)c1CNC(C)(C)C(C)(C)O. The van der Waals surface area contributed by atoms with E-state index >= 15 is 0 Å². The summed E-state index contributed by atoms with van der Waals surface area (Å²) in [5, 5.41) is 18.0. The molecule has 0 atom stereocenters. The second kappa shape index (κ2) is 5.31. The molecule has 0 spiro atoms. The van der Waals surface area contributed by atoms with Gasteiger partial charge in [0.2, 0.25) is 0 Å². The van der Waals surface area contributed by atoms with E-state index < -0.39 is 5.60 Å². The Morgan fingerprint density at radius 1 is 1.33 bits per heavy atom. The first-order chi connectivity index (χ1) is 8.10. The first-order valence-electron chi connectivity index (χ1n) is 6.29. The Morgan fingerprint density at radius 3 is 2.33 bits per heavy atom. The van der Waals surface area contributed by atoms with E-state index in [4.69, 9.17) is 0 Å². The first kappa shape index (κ1) is 15.7. The van der Waals surface area contributed by atoms with Crippen molar-refractivity contribution < 1.29 is 5.11 Å². The lowest BCUT2D eigenvalue weighted by atomic mass is 9.86. The zero-order valence-corrected chi connectivity index (χ0v) is 13.7. The molecule has 1 rings (SSSR count). The van der Waals surface area contributed by atoms with E-state index in [0.717, 1.165) is 22.4 Å². The van der Waals surface area contributed by atoms with Crippen molar-refractivity contribution in [3.8, 4) is 0 Å². The molecule has 4 nitrogen and oxygen atoms in total. The Bertz CT molecular complexity index is 419. The van der Waals surface area contributed by atoms with Crippen LogP contribution in [-0.4, -0.2) is 26.0 Å². The van der Waals surface area contributed by atoms with Gasteiger partial charge in [0.05, 0.1) is 21.5 Å². The minimum atomic E-state index is -0.786. The summed E-state index contributed by atoms with van der Waals surface area (Å²) < 4.78 is 3.02. The predicted molar refractivity (Wildman–Crippen MR) is 77.6 cm³/mol. The molecule has 104 valence electrons. The van der Waals surface area contributed by atoms with Crippen molar-refractivity contribution >= 4 is 15.9 Å². The monoisotopic (exact) mass is 317 g/mol. The Balaban J connectivity index is 2.87. The van der Waals surface area contributed by atoms with Gasteiger partial charge in [-0.2, -0.15) is 5.10 Å². The third-order valence-corrected chi connectivity index (χ3v) is 4.71. The quantitative estimate of drug-likeness (QED) is 0.877. The van der Waals surface area contributed by atoms with Gasteiger partial charge >= 0.3 is 0 Å². The third-order valence-electron chi connectivity index (χ3n) is 3.68. The summed E-state index contributed by atoms with van der Waals surface area (Å²) >= 11 is 3.57. The van der Waals surface area contributed by atoms with Gasteiger partial charge in [-0.05, 0) is 57.5 Å². The van der Waals surface area contributed by atoms with Gasteiger partial charge in [0.15, 0.2) is 0 Å². The van der Waals surface area contributed by atoms with E-state index in [0.29, 0.717) is 6.54 Å². The number of aromatic nitrogens is 2. The van der Waals surface area contributed by atoms with Gasteiger partial charge < -0.3 is 10.4 Å². The minimum absolute atomic E-state index is 0.372. The number of rotatable bonds is 5. The summed E-state index contributed by atoms with van der Waals surface area (Å²) in [6, 6.07) is 0. The fourth-order valence-corrected chi connectivity index (χ4v) is 1.98. The number of hydrogen-bond acceptors (Lipinski definition) is 3. The normalized spacial score (nSPS) is 13.1. The zero-order valence-electron chi connectivity index (χ0n) is 12.1. The fourth-order valence-electron chi connectivity index (χ4n) is 1.56. The van der Waals surface area contributed by atoms with Crippen LogP contribution in [0.15, 0.2) is 4.47 Å². The van der Waals surface area contributed by atoms with Crippen LogP contribution in [-0.2, 0) is 13.1 Å². The molecule has 1 aromatic heterocycles. The number of nitrogens with zero attached hydrogens (tertiary/aromatic N) is 2. The van der Waals surface area contributed by atoms with Gasteiger partial charge in [-0.15, -0.1) is 0 Å². The van der Waals surface area contributed by atoms with Crippen LogP contribution in [0.25, 0.3) is 0 Å². The van der Waals surface area contributed by atoms with Gasteiger partial charge in [0, 0.05) is 18.6 Å². The summed E-state index contributed by atoms with van der Waals surface area (Å²) in [4.78, 5) is 0. The molecule has 2 N–H and O–H groups in total. The number of halogens is 1. The second-order valence-corrected chi connectivity index (χ2v) is 6.49. The Morgan fingerprint density at radius 2 is 1.89 bits per heavy atom. The van der Waals surface area contributed by atoms with E-state index in [9.17, 15) is 5.11 Å². The number of aryl methyl sites for hydroxylation is 2. The second-order valence-electron chi connectivity index (χ2n) is 5.70. The van der Waals surface area contributed by atoms with Crippen molar-refractivity contribution in [2.75, 3.05) is 0 Å². The van der Waals surface area contributed by atoms with Crippen molar-refractivity contribution in [3.63, 3.8) is 0 Å². The van der Waals surface area contributed by atoms with Gasteiger partial charge in [-0.3, -0.25) is 4.68 Å². The smallest absolute Gasteiger partial charge is 0.0767 e. The van der Waals surface area contributed by atoms with Crippen molar-refractivity contribution in [2.24, 2.45) is 0 Å². The molecule has 1 heterocycles. The highest BCUT2D eigenvalue weighted by atomic mass is 79.9. The highest BCUT2D eigenvalue weighted by Gasteiger charge is 2.34. The number of hydrogen-bond donors (Lipinski definition) is 2. The van der Waals surface area contributed by atoms with Gasteiger partial charge in [-0.25, -0.2) is 0 Å². The average molecular weight is 318 g/mol. The highest BCUT2D eigenvalue weighted by molar-refractivity contribution is 9.10. The minimum Gasteiger partial charge on any atom is -0.389 e. The van der Waals surface area contributed by atoms with Crippen molar-refractivity contribution in [3.05, 3.63) is 15.9 Å². The molecule has 0 unspecified atom stereocenters. The van der Waals surface area contributed by atoms with Crippen LogP contribution in [0.1, 0.15) is 46.0 Å². The summed E-state index contributed by atoms with van der Waals surface area (Å²) in [6.45, 7) is 13.2. The molecule has 5 heteroatoms. The van der Waals surface area contributed by atoms with Crippen LogP contribution in [0, 0.1) is 6.92 Å². The molecule has 0 bridgehead atoms. The first-order valence-corrected chi connectivity index (χ1v) is 7.08.